The maximum absolute atomic E-state index is 15.6. The van der Waals surface area contributed by atoms with Crippen molar-refractivity contribution in [3.8, 4) is 28.2 Å². The average molecular weight is 581 g/mol. The minimum atomic E-state index is -0.522. The monoisotopic (exact) mass is 580 g/mol. The molecule has 1 saturated heterocycles. The van der Waals surface area contributed by atoms with Crippen molar-refractivity contribution < 1.29 is 13.9 Å². The molecule has 1 fully saturated rings. The third-order valence-electron chi connectivity index (χ3n) is 7.46. The number of carbonyl (C=O) groups excluding carboxylic acids is 1. The number of nitrogens with one attached hydrogen (secondary N) is 1. The largest absolute Gasteiger partial charge is 0.382 e. The standard InChI is InChI=1S/C31H29FN8O3/c1-19-25(31(42)40(38(19)2)22-6-4-3-5-7-22)30(41)36-21-10-8-20(9-11-21)27-28(33)35-18-24(37-27)23-12-13-34-29(26(23)32)39-14-16-43-17-15-39/h3-13,18H,14-17H2,1-2H3,(H2,33,35)(H,36,41). The number of nitrogen functional groups attached to an aromatic ring is 1. The van der Waals surface area contributed by atoms with Crippen LogP contribution in [0, 0.1) is 12.7 Å². The van der Waals surface area contributed by atoms with E-state index in [9.17, 15) is 9.59 Å². The van der Waals surface area contributed by atoms with Crippen LogP contribution in [-0.2, 0) is 11.8 Å². The number of nitrogens with zero attached hydrogens (tertiary/aromatic N) is 6. The lowest BCUT2D eigenvalue weighted by Crippen LogP contribution is -2.37. The van der Waals surface area contributed by atoms with Gasteiger partial charge < -0.3 is 20.7 Å². The van der Waals surface area contributed by atoms with Crippen LogP contribution in [0.4, 0.5) is 21.7 Å². The SMILES string of the molecule is Cc1c(C(=O)Nc2ccc(-c3nc(-c4ccnc(N5CCOCC5)c4F)cnc3N)cc2)c(=O)n(-c2ccccc2)n1C. The van der Waals surface area contributed by atoms with Gasteiger partial charge in [-0.3, -0.25) is 14.3 Å². The zero-order chi connectivity index (χ0) is 30.1. The molecule has 218 valence electrons. The van der Waals surface area contributed by atoms with Gasteiger partial charge in [-0.25, -0.2) is 24.0 Å². The van der Waals surface area contributed by atoms with E-state index >= 15 is 4.39 Å². The summed E-state index contributed by atoms with van der Waals surface area (Å²) in [5, 5.41) is 2.80. The molecule has 1 aliphatic rings. The summed E-state index contributed by atoms with van der Waals surface area (Å²) in [7, 11) is 1.73. The van der Waals surface area contributed by atoms with E-state index < -0.39 is 17.3 Å². The highest BCUT2D eigenvalue weighted by Crippen LogP contribution is 2.31. The first kappa shape index (κ1) is 27.8. The first-order valence-electron chi connectivity index (χ1n) is 13.7. The van der Waals surface area contributed by atoms with Gasteiger partial charge in [-0.15, -0.1) is 0 Å². The van der Waals surface area contributed by atoms with Gasteiger partial charge in [0.15, 0.2) is 11.6 Å². The van der Waals surface area contributed by atoms with Crippen LogP contribution in [0.15, 0.2) is 77.9 Å². The highest BCUT2D eigenvalue weighted by Gasteiger charge is 2.23. The Morgan fingerprint density at radius 2 is 1.74 bits per heavy atom. The van der Waals surface area contributed by atoms with Gasteiger partial charge in [0.25, 0.3) is 11.5 Å². The highest BCUT2D eigenvalue weighted by molar-refractivity contribution is 6.05. The summed E-state index contributed by atoms with van der Waals surface area (Å²) in [6.07, 6.45) is 2.97. The molecule has 0 radical (unpaired) electrons. The van der Waals surface area contributed by atoms with Crippen LogP contribution < -0.4 is 21.5 Å². The second-order valence-electron chi connectivity index (χ2n) is 10.1. The minimum Gasteiger partial charge on any atom is -0.382 e. The quantitative estimate of drug-likeness (QED) is 0.310. The lowest BCUT2D eigenvalue weighted by molar-refractivity contribution is 0.102. The molecule has 43 heavy (non-hydrogen) atoms. The number of nitrogens with two attached hydrogens (primary N) is 1. The van der Waals surface area contributed by atoms with Crippen LogP contribution in [0.25, 0.3) is 28.2 Å². The minimum absolute atomic E-state index is 0.0501. The highest BCUT2D eigenvalue weighted by atomic mass is 19.1. The number of amides is 1. The Morgan fingerprint density at radius 1 is 1.02 bits per heavy atom. The summed E-state index contributed by atoms with van der Waals surface area (Å²) in [6, 6.07) is 17.5. The van der Waals surface area contributed by atoms with Crippen LogP contribution in [0.1, 0.15) is 16.1 Å². The lowest BCUT2D eigenvalue weighted by Gasteiger charge is -2.28. The number of hydrogen-bond donors (Lipinski definition) is 2. The molecule has 0 bridgehead atoms. The number of pyridine rings is 1. The maximum Gasteiger partial charge on any atom is 0.284 e. The van der Waals surface area contributed by atoms with Gasteiger partial charge in [-0.2, -0.15) is 0 Å². The fourth-order valence-electron chi connectivity index (χ4n) is 5.10. The molecule has 0 unspecified atom stereocenters. The second-order valence-corrected chi connectivity index (χ2v) is 10.1. The van der Waals surface area contributed by atoms with Crippen LogP contribution >= 0.6 is 0 Å². The Labute approximate surface area is 246 Å². The Morgan fingerprint density at radius 3 is 2.47 bits per heavy atom. The molecule has 1 amide bonds. The number of anilines is 3. The number of benzene rings is 2. The molecule has 3 N–H and O–H groups in total. The van der Waals surface area contributed by atoms with E-state index in [1.165, 1.54) is 10.9 Å². The number of ether oxygens (including phenoxy) is 1. The van der Waals surface area contributed by atoms with Crippen LogP contribution in [0.3, 0.4) is 0 Å². The zero-order valence-corrected chi connectivity index (χ0v) is 23.6. The van der Waals surface area contributed by atoms with E-state index in [0.717, 1.165) is 0 Å². The second kappa shape index (κ2) is 11.5. The molecule has 3 aromatic heterocycles. The predicted octanol–water partition coefficient (Wildman–Crippen LogP) is 3.81. The van der Waals surface area contributed by atoms with Crippen molar-refractivity contribution >= 4 is 23.2 Å². The molecule has 0 atom stereocenters. The first-order valence-corrected chi connectivity index (χ1v) is 13.7. The summed E-state index contributed by atoms with van der Waals surface area (Å²) < 4.78 is 24.0. The normalized spacial score (nSPS) is 13.2. The molecule has 0 saturated carbocycles. The predicted molar refractivity (Wildman–Crippen MR) is 162 cm³/mol. The number of aromatic nitrogens is 5. The Hall–Kier alpha value is -5.36. The lowest BCUT2D eigenvalue weighted by atomic mass is 10.1. The van der Waals surface area contributed by atoms with Crippen molar-refractivity contribution in [2.45, 2.75) is 6.92 Å². The third-order valence-corrected chi connectivity index (χ3v) is 7.46. The molecule has 5 aromatic rings. The summed E-state index contributed by atoms with van der Waals surface area (Å²) in [5.74, 6) is -0.601. The fourth-order valence-corrected chi connectivity index (χ4v) is 5.10. The Kier molecular flexibility index (Phi) is 7.43. The molecule has 6 rings (SSSR count). The number of carbonyl (C=O) groups is 1. The van der Waals surface area contributed by atoms with E-state index in [4.69, 9.17) is 10.5 Å². The molecular weight excluding hydrogens is 551 g/mol. The van der Waals surface area contributed by atoms with Gasteiger partial charge in [0.2, 0.25) is 0 Å². The van der Waals surface area contributed by atoms with Crippen molar-refractivity contribution in [1.29, 1.82) is 0 Å². The molecule has 11 nitrogen and oxygen atoms in total. The topological polar surface area (TPSA) is 133 Å². The molecular formula is C31H29FN8O3. The maximum atomic E-state index is 15.6. The fraction of sp³-hybridized carbons (Fsp3) is 0.194. The zero-order valence-electron chi connectivity index (χ0n) is 23.6. The van der Waals surface area contributed by atoms with Crippen molar-refractivity contribution in [2.24, 2.45) is 7.05 Å². The third kappa shape index (κ3) is 5.24. The van der Waals surface area contributed by atoms with Gasteiger partial charge >= 0.3 is 0 Å². The van der Waals surface area contributed by atoms with Crippen molar-refractivity contribution in [1.82, 2.24) is 24.3 Å². The average Bonchev–Trinajstić information content (AvgIpc) is 3.26. The molecule has 4 heterocycles. The van der Waals surface area contributed by atoms with Crippen molar-refractivity contribution in [3.05, 3.63) is 100 Å². The number of morpholine rings is 1. The van der Waals surface area contributed by atoms with Gasteiger partial charge in [0.1, 0.15) is 17.1 Å². The summed E-state index contributed by atoms with van der Waals surface area (Å²) in [4.78, 5) is 41.4. The van der Waals surface area contributed by atoms with E-state index in [0.29, 0.717) is 60.3 Å². The van der Waals surface area contributed by atoms with Gasteiger partial charge in [-0.05, 0) is 37.3 Å². The molecule has 12 heteroatoms. The summed E-state index contributed by atoms with van der Waals surface area (Å²) >= 11 is 0. The molecule has 0 aliphatic carbocycles. The van der Waals surface area contributed by atoms with Crippen molar-refractivity contribution in [2.75, 3.05) is 42.3 Å². The Balaban J connectivity index is 1.25. The number of rotatable bonds is 6. The number of halogens is 1. The van der Waals surface area contributed by atoms with Crippen molar-refractivity contribution in [3.63, 3.8) is 0 Å². The van der Waals surface area contributed by atoms with E-state index in [-0.39, 0.29) is 22.8 Å². The van der Waals surface area contributed by atoms with Crippen LogP contribution in [0.2, 0.25) is 0 Å². The van der Waals surface area contributed by atoms with Gasteiger partial charge in [0, 0.05) is 43.1 Å². The molecule has 2 aromatic carbocycles. The van der Waals surface area contributed by atoms with E-state index in [2.05, 4.69) is 20.3 Å². The summed E-state index contributed by atoms with van der Waals surface area (Å²) in [5.41, 5.74) is 9.02. The van der Waals surface area contributed by atoms with Crippen LogP contribution in [0.5, 0.6) is 0 Å². The summed E-state index contributed by atoms with van der Waals surface area (Å²) in [6.45, 7) is 3.82. The molecule has 1 aliphatic heterocycles. The van der Waals surface area contributed by atoms with Gasteiger partial charge in [-0.1, -0.05) is 30.3 Å². The number of hydrogen-bond acceptors (Lipinski definition) is 8. The smallest absolute Gasteiger partial charge is 0.284 e. The van der Waals surface area contributed by atoms with Crippen LogP contribution in [-0.4, -0.2) is 56.5 Å². The first-order chi connectivity index (χ1) is 20.8. The Bertz CT molecular complexity index is 1860. The number of para-hydroxylation sites is 1. The van der Waals surface area contributed by atoms with Gasteiger partial charge in [0.05, 0.1) is 36.5 Å². The van der Waals surface area contributed by atoms with E-state index in [1.54, 1.807) is 67.3 Å². The molecule has 0 spiro atoms. The van der Waals surface area contributed by atoms with E-state index in [1.807, 2.05) is 23.1 Å².